The fourth-order valence-electron chi connectivity index (χ4n) is 4.09. The molecule has 1 aliphatic carbocycles. The number of amides is 1. The summed E-state index contributed by atoms with van der Waals surface area (Å²) in [7, 11) is 1.76. The minimum absolute atomic E-state index is 0.0374. The van der Waals surface area contributed by atoms with Crippen molar-refractivity contribution in [2.24, 2.45) is 16.6 Å². The summed E-state index contributed by atoms with van der Waals surface area (Å²) in [6.45, 7) is 0.561. The first-order chi connectivity index (χ1) is 16.8. The maximum Gasteiger partial charge on any atom is 0.251 e. The summed E-state index contributed by atoms with van der Waals surface area (Å²) < 4.78 is 26.9. The third kappa shape index (κ3) is 4.98. The van der Waals surface area contributed by atoms with Crippen LogP contribution in [0.4, 0.5) is 31.9 Å². The first kappa shape index (κ1) is 22.9. The summed E-state index contributed by atoms with van der Waals surface area (Å²) in [6, 6.07) is 5.27. The van der Waals surface area contributed by atoms with Crippen LogP contribution >= 0.6 is 0 Å². The van der Waals surface area contributed by atoms with Gasteiger partial charge in [0.2, 0.25) is 5.91 Å². The van der Waals surface area contributed by atoms with Crippen LogP contribution in [0, 0.1) is 5.92 Å². The first-order valence-electron chi connectivity index (χ1n) is 11.5. The van der Waals surface area contributed by atoms with Crippen LogP contribution in [0.1, 0.15) is 31.2 Å². The molecule has 1 saturated heterocycles. The van der Waals surface area contributed by atoms with Crippen molar-refractivity contribution in [3.8, 4) is 0 Å². The van der Waals surface area contributed by atoms with E-state index in [0.717, 1.165) is 29.3 Å². The van der Waals surface area contributed by atoms with Crippen molar-refractivity contribution in [3.05, 3.63) is 42.4 Å². The number of alkyl halides is 2. The van der Waals surface area contributed by atoms with Gasteiger partial charge < -0.3 is 21.3 Å². The van der Waals surface area contributed by atoms with Crippen molar-refractivity contribution >= 4 is 45.7 Å². The number of amidine groups is 1. The summed E-state index contributed by atoms with van der Waals surface area (Å²) in [4.78, 5) is 31.7. The van der Waals surface area contributed by atoms with Crippen molar-refractivity contribution in [2.45, 2.75) is 31.6 Å². The number of hydrogen-bond acceptors (Lipinski definition) is 7. The number of carbonyl (C=O) groups excluding carboxylic acids is 1. The number of halogens is 2. The lowest BCUT2D eigenvalue weighted by Gasteiger charge is -2.33. The molecule has 0 bridgehead atoms. The van der Waals surface area contributed by atoms with E-state index < -0.39 is 5.92 Å². The van der Waals surface area contributed by atoms with Crippen LogP contribution in [0.15, 0.2) is 41.8 Å². The predicted octanol–water partition coefficient (Wildman–Crippen LogP) is 3.69. The largest absolute Gasteiger partial charge is 0.383 e. The number of aromatic nitrogens is 3. The molecule has 5 rings (SSSR count). The van der Waals surface area contributed by atoms with Crippen LogP contribution in [0.5, 0.6) is 0 Å². The van der Waals surface area contributed by atoms with Gasteiger partial charge in [-0.1, -0.05) is 0 Å². The van der Waals surface area contributed by atoms with Crippen molar-refractivity contribution < 1.29 is 13.6 Å². The molecule has 2 aliphatic rings. The Balaban J connectivity index is 1.41. The topological polar surface area (TPSA) is 121 Å². The number of carbonyl (C=O) groups is 1. The lowest BCUT2D eigenvalue weighted by Crippen LogP contribution is -2.39. The summed E-state index contributed by atoms with van der Waals surface area (Å²) in [6.07, 6.45) is 6.33. The fraction of sp³-hybridized carbons (Fsp3) is 0.375. The molecule has 2 fully saturated rings. The maximum absolute atomic E-state index is 13.4. The van der Waals surface area contributed by atoms with Crippen molar-refractivity contribution in [1.29, 1.82) is 0 Å². The molecule has 35 heavy (non-hydrogen) atoms. The number of rotatable bonds is 6. The Hall–Kier alpha value is -3.89. The molecule has 3 aromatic rings. The Morgan fingerprint density at radius 1 is 1.11 bits per heavy atom. The molecule has 0 spiro atoms. The van der Waals surface area contributed by atoms with E-state index in [4.69, 9.17) is 5.73 Å². The number of aliphatic imine (C=N–C) groups is 1. The van der Waals surface area contributed by atoms with E-state index in [-0.39, 0.29) is 43.6 Å². The molecule has 11 heteroatoms. The number of nitrogens with two attached hydrogens (primary N) is 1. The quantitative estimate of drug-likeness (QED) is 0.363. The summed E-state index contributed by atoms with van der Waals surface area (Å²) in [5, 5.41) is 7.36. The Kier molecular flexibility index (Phi) is 5.91. The number of fused-ring (bicyclic) bond motifs is 1. The molecule has 0 atom stereocenters. The highest BCUT2D eigenvalue weighted by Gasteiger charge is 2.34. The van der Waals surface area contributed by atoms with Gasteiger partial charge in [-0.15, -0.1) is 0 Å². The monoisotopic (exact) mass is 480 g/mol. The van der Waals surface area contributed by atoms with Gasteiger partial charge in [-0.3, -0.25) is 4.79 Å². The SMILES string of the molecule is CNc1ncc(C(N)=Nc2ccc(N3CCC(F)(F)CC3)cn2)c2cc(NC(=O)C3CC3)ncc12. The van der Waals surface area contributed by atoms with E-state index in [1.54, 1.807) is 43.8 Å². The molecule has 0 unspecified atom stereocenters. The highest BCUT2D eigenvalue weighted by molar-refractivity contribution is 6.12. The average molecular weight is 481 g/mol. The zero-order valence-electron chi connectivity index (χ0n) is 19.3. The number of anilines is 3. The molecule has 1 saturated carbocycles. The van der Waals surface area contributed by atoms with Crippen molar-refractivity contribution in [1.82, 2.24) is 15.0 Å². The summed E-state index contributed by atoms with van der Waals surface area (Å²) >= 11 is 0. The second-order valence-corrected chi connectivity index (χ2v) is 8.86. The van der Waals surface area contributed by atoms with Crippen molar-refractivity contribution in [2.75, 3.05) is 35.7 Å². The number of pyridine rings is 3. The molecule has 182 valence electrons. The fourth-order valence-corrected chi connectivity index (χ4v) is 4.09. The first-order valence-corrected chi connectivity index (χ1v) is 11.5. The lowest BCUT2D eigenvalue weighted by atomic mass is 10.1. The van der Waals surface area contributed by atoms with E-state index in [1.165, 1.54) is 0 Å². The van der Waals surface area contributed by atoms with Gasteiger partial charge in [0.25, 0.3) is 5.92 Å². The van der Waals surface area contributed by atoms with Gasteiger partial charge in [0.1, 0.15) is 17.5 Å². The third-order valence-electron chi connectivity index (χ3n) is 6.31. The summed E-state index contributed by atoms with van der Waals surface area (Å²) in [5.41, 5.74) is 7.70. The van der Waals surface area contributed by atoms with Gasteiger partial charge in [-0.2, -0.15) is 0 Å². The standard InChI is InChI=1S/C24H26F2N8O/c1-28-22-18-13-30-20(33-23(35)14-2-3-14)10-16(18)17(12-31-22)21(27)32-19-5-4-15(11-29-19)34-8-6-24(25,26)7-9-34/h4-5,10-14H,2-3,6-9H2,1H3,(H,28,31)(H2,27,29,32)(H,30,33,35). The van der Waals surface area contributed by atoms with E-state index in [0.29, 0.717) is 23.0 Å². The molecular formula is C24H26F2N8O. The molecule has 4 N–H and O–H groups in total. The van der Waals surface area contributed by atoms with E-state index in [1.807, 2.05) is 4.90 Å². The van der Waals surface area contributed by atoms with E-state index >= 15 is 0 Å². The number of nitrogens with zero attached hydrogens (tertiary/aromatic N) is 5. The molecule has 9 nitrogen and oxygen atoms in total. The lowest BCUT2D eigenvalue weighted by molar-refractivity contribution is -0.117. The van der Waals surface area contributed by atoms with Crippen molar-refractivity contribution in [3.63, 3.8) is 0 Å². The minimum atomic E-state index is -2.60. The maximum atomic E-state index is 13.4. The van der Waals surface area contributed by atoms with Crippen LogP contribution in [0.25, 0.3) is 10.8 Å². The van der Waals surface area contributed by atoms with Crippen LogP contribution in [0.3, 0.4) is 0 Å². The van der Waals surface area contributed by atoms with Gasteiger partial charge in [0.15, 0.2) is 5.82 Å². The summed E-state index contributed by atoms with van der Waals surface area (Å²) in [5.74, 6) is -0.934. The Labute approximate surface area is 200 Å². The Morgan fingerprint density at radius 2 is 1.89 bits per heavy atom. The molecule has 1 aliphatic heterocycles. The van der Waals surface area contributed by atoms with Gasteiger partial charge >= 0.3 is 0 Å². The zero-order valence-corrected chi connectivity index (χ0v) is 19.3. The smallest absolute Gasteiger partial charge is 0.251 e. The predicted molar refractivity (Wildman–Crippen MR) is 131 cm³/mol. The number of hydrogen-bond donors (Lipinski definition) is 3. The van der Waals surface area contributed by atoms with E-state index in [9.17, 15) is 13.6 Å². The van der Waals surface area contributed by atoms with Crippen LogP contribution in [-0.2, 0) is 4.79 Å². The average Bonchev–Trinajstić information content (AvgIpc) is 3.69. The Morgan fingerprint density at radius 3 is 2.54 bits per heavy atom. The normalized spacial score (nSPS) is 17.9. The molecule has 0 radical (unpaired) electrons. The molecule has 3 aromatic heterocycles. The molecular weight excluding hydrogens is 454 g/mol. The highest BCUT2D eigenvalue weighted by Crippen LogP contribution is 2.32. The number of nitrogens with one attached hydrogen (secondary N) is 2. The zero-order chi connectivity index (χ0) is 24.6. The van der Waals surface area contributed by atoms with E-state index in [2.05, 4.69) is 30.6 Å². The highest BCUT2D eigenvalue weighted by atomic mass is 19.3. The minimum Gasteiger partial charge on any atom is -0.383 e. The van der Waals surface area contributed by atoms with Crippen LogP contribution < -0.4 is 21.3 Å². The second kappa shape index (κ2) is 9.05. The van der Waals surface area contributed by atoms with Gasteiger partial charge in [0.05, 0.1) is 11.9 Å². The van der Waals surface area contributed by atoms with Gasteiger partial charge in [0, 0.05) is 67.6 Å². The van der Waals surface area contributed by atoms with Gasteiger partial charge in [-0.25, -0.2) is 28.7 Å². The molecule has 1 amide bonds. The van der Waals surface area contributed by atoms with Crippen LogP contribution in [-0.4, -0.2) is 52.8 Å². The molecule has 4 heterocycles. The van der Waals surface area contributed by atoms with Gasteiger partial charge in [-0.05, 0) is 31.0 Å². The third-order valence-corrected chi connectivity index (χ3v) is 6.31. The second-order valence-electron chi connectivity index (χ2n) is 8.86. The molecule has 0 aromatic carbocycles. The number of piperidine rings is 1. The van der Waals surface area contributed by atoms with Crippen LogP contribution in [0.2, 0.25) is 0 Å². The Bertz CT molecular complexity index is 1280.